The summed E-state index contributed by atoms with van der Waals surface area (Å²) < 4.78 is 5.02. The van der Waals surface area contributed by atoms with Gasteiger partial charge in [0.25, 0.3) is 0 Å². The monoisotopic (exact) mass is 292 g/mol. The third-order valence-corrected chi connectivity index (χ3v) is 3.44. The van der Waals surface area contributed by atoms with E-state index in [1.165, 1.54) is 5.56 Å². The van der Waals surface area contributed by atoms with Gasteiger partial charge >= 0.3 is 11.9 Å². The van der Waals surface area contributed by atoms with Crippen molar-refractivity contribution in [2.24, 2.45) is 5.92 Å². The highest BCUT2D eigenvalue weighted by atomic mass is 16.5. The van der Waals surface area contributed by atoms with E-state index in [9.17, 15) is 9.59 Å². The van der Waals surface area contributed by atoms with E-state index < -0.39 is 5.97 Å². The number of carboxylic acids is 1. The van der Waals surface area contributed by atoms with Crippen molar-refractivity contribution < 1.29 is 19.4 Å². The van der Waals surface area contributed by atoms with E-state index in [1.54, 1.807) is 6.92 Å². The maximum absolute atomic E-state index is 11.8. The molecule has 0 bridgehead atoms. The molecule has 0 saturated heterocycles. The molecule has 1 rings (SSSR count). The van der Waals surface area contributed by atoms with Gasteiger partial charge in [0.1, 0.15) is 0 Å². The number of esters is 1. The lowest BCUT2D eigenvalue weighted by atomic mass is 9.95. The normalized spacial score (nSPS) is 11.9. The summed E-state index contributed by atoms with van der Waals surface area (Å²) in [4.78, 5) is 22.5. The van der Waals surface area contributed by atoms with E-state index >= 15 is 0 Å². The number of ether oxygens (including phenoxy) is 1. The Balaban J connectivity index is 2.34. The van der Waals surface area contributed by atoms with E-state index in [4.69, 9.17) is 9.84 Å². The predicted molar refractivity (Wildman–Crippen MR) is 81.0 cm³/mol. The number of rotatable bonds is 10. The molecular weight excluding hydrogens is 268 g/mol. The van der Waals surface area contributed by atoms with Crippen molar-refractivity contribution in [1.29, 1.82) is 0 Å². The molecule has 0 aliphatic heterocycles. The number of hydrogen-bond acceptors (Lipinski definition) is 3. The Morgan fingerprint density at radius 2 is 1.86 bits per heavy atom. The molecule has 0 aromatic heterocycles. The smallest absolute Gasteiger partial charge is 0.308 e. The summed E-state index contributed by atoms with van der Waals surface area (Å²) in [5.74, 6) is -1.43. The zero-order valence-corrected chi connectivity index (χ0v) is 12.6. The average Bonchev–Trinajstić information content (AvgIpc) is 2.47. The van der Waals surface area contributed by atoms with Crippen LogP contribution < -0.4 is 0 Å². The number of carboxylic acid groups (broad SMARTS) is 1. The maximum atomic E-state index is 11.8. The van der Waals surface area contributed by atoms with Gasteiger partial charge in [-0.15, -0.1) is 0 Å². The molecule has 1 atom stereocenters. The quantitative estimate of drug-likeness (QED) is 0.530. The van der Waals surface area contributed by atoms with Gasteiger partial charge < -0.3 is 9.84 Å². The first-order valence-electron chi connectivity index (χ1n) is 7.55. The highest BCUT2D eigenvalue weighted by Gasteiger charge is 2.20. The zero-order chi connectivity index (χ0) is 15.5. The van der Waals surface area contributed by atoms with Crippen LogP contribution in [0.15, 0.2) is 30.3 Å². The molecule has 0 heterocycles. The number of carbonyl (C=O) groups is 2. The molecule has 21 heavy (non-hydrogen) atoms. The van der Waals surface area contributed by atoms with Gasteiger partial charge in [-0.2, -0.15) is 0 Å². The second-order valence-corrected chi connectivity index (χ2v) is 5.11. The molecule has 0 aliphatic carbocycles. The van der Waals surface area contributed by atoms with Crippen molar-refractivity contribution >= 4 is 11.9 Å². The van der Waals surface area contributed by atoms with Crippen LogP contribution in [0, 0.1) is 5.92 Å². The molecule has 0 unspecified atom stereocenters. The van der Waals surface area contributed by atoms with Crippen LogP contribution >= 0.6 is 0 Å². The lowest BCUT2D eigenvalue weighted by Crippen LogP contribution is -2.19. The summed E-state index contributed by atoms with van der Waals surface area (Å²) in [5.41, 5.74) is 1.29. The van der Waals surface area contributed by atoms with Crippen LogP contribution in [0.1, 0.15) is 44.6 Å². The first-order chi connectivity index (χ1) is 10.1. The minimum atomic E-state index is -0.867. The highest BCUT2D eigenvalue weighted by Crippen LogP contribution is 2.18. The summed E-state index contributed by atoms with van der Waals surface area (Å²) >= 11 is 0. The van der Waals surface area contributed by atoms with Crippen LogP contribution in [0.3, 0.4) is 0 Å². The van der Waals surface area contributed by atoms with Crippen LogP contribution in [0.25, 0.3) is 0 Å². The van der Waals surface area contributed by atoms with Crippen molar-refractivity contribution in [3.63, 3.8) is 0 Å². The van der Waals surface area contributed by atoms with E-state index in [1.807, 2.05) is 18.2 Å². The molecular formula is C17H24O4. The summed E-state index contributed by atoms with van der Waals surface area (Å²) in [5, 5.41) is 8.74. The molecule has 116 valence electrons. The largest absolute Gasteiger partial charge is 0.481 e. The Hall–Kier alpha value is -1.84. The van der Waals surface area contributed by atoms with Gasteiger partial charge in [-0.3, -0.25) is 9.59 Å². The molecule has 0 amide bonds. The van der Waals surface area contributed by atoms with Crippen molar-refractivity contribution in [3.05, 3.63) is 35.9 Å². The average molecular weight is 292 g/mol. The standard InChI is InChI=1S/C17H24O4/c1-2-21-17(20)15(12-13-16(18)19)11-7-6-10-14-8-4-3-5-9-14/h3-5,8-9,15H,2,6-7,10-13H2,1H3,(H,18,19)/t15-/m1/s1. The van der Waals surface area contributed by atoms with Crippen molar-refractivity contribution in [3.8, 4) is 0 Å². The summed E-state index contributed by atoms with van der Waals surface area (Å²) in [6, 6.07) is 10.2. The lowest BCUT2D eigenvalue weighted by molar-refractivity contribution is -0.149. The highest BCUT2D eigenvalue weighted by molar-refractivity contribution is 5.73. The molecule has 4 nitrogen and oxygen atoms in total. The van der Waals surface area contributed by atoms with Crippen molar-refractivity contribution in [2.75, 3.05) is 6.61 Å². The van der Waals surface area contributed by atoms with Crippen LogP contribution in [0.2, 0.25) is 0 Å². The summed E-state index contributed by atoms with van der Waals surface area (Å²) in [6.07, 6.45) is 3.95. The van der Waals surface area contributed by atoms with Crippen molar-refractivity contribution in [1.82, 2.24) is 0 Å². The third-order valence-electron chi connectivity index (χ3n) is 3.44. The molecule has 0 fully saturated rings. The molecule has 0 radical (unpaired) electrons. The van der Waals surface area contributed by atoms with Gasteiger partial charge in [-0.05, 0) is 38.2 Å². The second kappa shape index (κ2) is 9.97. The number of carbonyl (C=O) groups excluding carboxylic acids is 1. The van der Waals surface area contributed by atoms with Gasteiger partial charge in [0.2, 0.25) is 0 Å². The van der Waals surface area contributed by atoms with Crippen LogP contribution in [-0.2, 0) is 20.7 Å². The van der Waals surface area contributed by atoms with E-state index in [0.29, 0.717) is 19.4 Å². The van der Waals surface area contributed by atoms with Gasteiger partial charge in [-0.1, -0.05) is 36.8 Å². The number of aliphatic carboxylic acids is 1. The van der Waals surface area contributed by atoms with Crippen LogP contribution in [0.5, 0.6) is 0 Å². The van der Waals surface area contributed by atoms with Gasteiger partial charge in [0, 0.05) is 6.42 Å². The second-order valence-electron chi connectivity index (χ2n) is 5.11. The molecule has 4 heteroatoms. The minimum Gasteiger partial charge on any atom is -0.481 e. The first kappa shape index (κ1) is 17.2. The van der Waals surface area contributed by atoms with Crippen LogP contribution in [-0.4, -0.2) is 23.7 Å². The zero-order valence-electron chi connectivity index (χ0n) is 12.6. The van der Waals surface area contributed by atoms with E-state index in [2.05, 4.69) is 12.1 Å². The molecule has 1 N–H and O–H groups in total. The molecule has 0 aliphatic rings. The Labute approximate surface area is 126 Å². The third kappa shape index (κ3) is 7.49. The van der Waals surface area contributed by atoms with Crippen LogP contribution in [0.4, 0.5) is 0 Å². The van der Waals surface area contributed by atoms with Gasteiger partial charge in [-0.25, -0.2) is 0 Å². The Kier molecular flexibility index (Phi) is 8.17. The van der Waals surface area contributed by atoms with Crippen molar-refractivity contribution in [2.45, 2.75) is 45.4 Å². The predicted octanol–water partition coefficient (Wildman–Crippen LogP) is 3.44. The molecule has 1 aromatic rings. The Morgan fingerprint density at radius 1 is 1.14 bits per heavy atom. The number of benzene rings is 1. The maximum Gasteiger partial charge on any atom is 0.308 e. The molecule has 1 aromatic carbocycles. The van der Waals surface area contributed by atoms with Gasteiger partial charge in [0.05, 0.1) is 12.5 Å². The summed E-state index contributed by atoms with van der Waals surface area (Å²) in [6.45, 7) is 2.11. The SMILES string of the molecule is CCOC(=O)[C@H](CCCCc1ccccc1)CCC(=O)O. The Morgan fingerprint density at radius 3 is 2.48 bits per heavy atom. The Bertz CT molecular complexity index is 428. The van der Waals surface area contributed by atoms with E-state index in [-0.39, 0.29) is 18.3 Å². The first-order valence-corrected chi connectivity index (χ1v) is 7.55. The summed E-state index contributed by atoms with van der Waals surface area (Å²) in [7, 11) is 0. The number of hydrogen-bond donors (Lipinski definition) is 1. The van der Waals surface area contributed by atoms with E-state index in [0.717, 1.165) is 19.3 Å². The number of unbranched alkanes of at least 4 members (excludes halogenated alkanes) is 1. The fourth-order valence-corrected chi connectivity index (χ4v) is 2.30. The molecule has 0 saturated carbocycles. The van der Waals surface area contributed by atoms with Gasteiger partial charge in [0.15, 0.2) is 0 Å². The topological polar surface area (TPSA) is 63.6 Å². The minimum absolute atomic E-state index is 0.0160. The molecule has 0 spiro atoms. The fraction of sp³-hybridized carbons (Fsp3) is 0.529. The lowest BCUT2D eigenvalue weighted by Gasteiger charge is -2.14. The number of aryl methyl sites for hydroxylation is 1. The fourth-order valence-electron chi connectivity index (χ4n) is 2.30.